The molecule has 16 rings (SSSR count). The minimum Gasteiger partial charge on any atom is -0.325 e. The Morgan fingerprint density at radius 1 is 0.392 bits per heavy atom. The maximum absolute atomic E-state index is 13.5. The Morgan fingerprint density at radius 3 is 1.23 bits per heavy atom. The van der Waals surface area contributed by atoms with Gasteiger partial charge >= 0.3 is 0 Å². The topological polar surface area (TPSA) is 242 Å². The Kier molecular flexibility index (Phi) is 19.0. The second-order valence-electron chi connectivity index (χ2n) is 21.9. The largest absolute Gasteiger partial charge is 0.325 e. The molecule has 27 heteroatoms. The number of rotatable bonds is 16. The fraction of sp³-hybridized carbons (Fsp3) is 0.157. The molecule has 0 saturated heterocycles. The van der Waals surface area contributed by atoms with Crippen LogP contribution in [0.3, 0.4) is 0 Å². The lowest BCUT2D eigenvalue weighted by Gasteiger charge is -2.08. The summed E-state index contributed by atoms with van der Waals surface area (Å²) in [5.74, 6) is 4.13. The zero-order valence-electron chi connectivity index (χ0n) is 52.6. The van der Waals surface area contributed by atoms with Gasteiger partial charge in [-0.15, -0.1) is 0 Å². The zero-order chi connectivity index (χ0) is 66.8. The number of aryl methyl sites for hydroxylation is 3. The summed E-state index contributed by atoms with van der Waals surface area (Å²) >= 11 is 3.54. The van der Waals surface area contributed by atoms with Crippen molar-refractivity contribution in [3.8, 4) is 51.9 Å². The van der Waals surface area contributed by atoms with E-state index in [-0.39, 0.29) is 5.82 Å². The van der Waals surface area contributed by atoms with Crippen LogP contribution in [0.25, 0.3) is 68.9 Å². The van der Waals surface area contributed by atoms with Crippen LogP contribution < -0.4 is 0 Å². The fourth-order valence-electron chi connectivity index (χ4n) is 11.4. The van der Waals surface area contributed by atoms with Crippen LogP contribution in [0.4, 0.5) is 13.2 Å². The van der Waals surface area contributed by atoms with Crippen molar-refractivity contribution in [2.75, 3.05) is 0 Å². The first-order valence-electron chi connectivity index (χ1n) is 31.0. The molecule has 0 N–H and O–H groups in total. The molecule has 0 bridgehead atoms. The summed E-state index contributed by atoms with van der Waals surface area (Å²) in [6.45, 7) is 8.53. The molecule has 0 aliphatic rings. The summed E-state index contributed by atoms with van der Waals surface area (Å²) in [7, 11) is 0. The lowest BCUT2D eigenvalue weighted by Crippen LogP contribution is -2.05. The van der Waals surface area contributed by atoms with Gasteiger partial charge in [0, 0.05) is 127 Å². The van der Waals surface area contributed by atoms with E-state index in [1.54, 1.807) is 86.0 Å². The highest BCUT2D eigenvalue weighted by atomic mass is 79.9. The number of imidazole rings is 8. The lowest BCUT2D eigenvalue weighted by molar-refractivity contribution is 0.583. The molecule has 0 saturated carbocycles. The van der Waals surface area contributed by atoms with Crippen LogP contribution in [0.15, 0.2) is 213 Å². The van der Waals surface area contributed by atoms with Gasteiger partial charge in [0.1, 0.15) is 33.5 Å². The highest BCUT2D eigenvalue weighted by Crippen LogP contribution is 2.26. The van der Waals surface area contributed by atoms with Gasteiger partial charge in [-0.2, -0.15) is 14.0 Å². The molecule has 0 aliphatic heterocycles. The SMILES string of the molecule is CCCc1c(Cn2ccnc2-c2cccc(C#N)c2)nc2ncccn12.CCc1c(Cn2ccnc2-c2cccc(F)c2)nc2ncccn12.CCc1c(Cn2ccnc2-c2cccc(F)n2)nc2ncccn12.Fc1cccc(-c2nccn2Cc2nc3ncccn3c2Br)n1. The summed E-state index contributed by atoms with van der Waals surface area (Å²) in [6, 6.07) is 33.0. The third kappa shape index (κ3) is 13.9. The molecule has 0 aliphatic carbocycles. The number of hydrogen-bond donors (Lipinski definition) is 0. The molecule has 0 radical (unpaired) electrons. The van der Waals surface area contributed by atoms with Crippen molar-refractivity contribution < 1.29 is 13.2 Å². The highest BCUT2D eigenvalue weighted by molar-refractivity contribution is 9.10. The average Bonchev–Trinajstić information content (AvgIpc) is 1.64. The summed E-state index contributed by atoms with van der Waals surface area (Å²) < 4.78 is 56.8. The number of aromatic nitrogens is 22. The molecule has 0 atom stereocenters. The van der Waals surface area contributed by atoms with Gasteiger partial charge in [-0.05, 0) is 108 Å². The van der Waals surface area contributed by atoms with Crippen LogP contribution >= 0.6 is 15.9 Å². The van der Waals surface area contributed by atoms with Crippen LogP contribution in [-0.2, 0) is 45.4 Å². The van der Waals surface area contributed by atoms with Gasteiger partial charge in [0.15, 0.2) is 11.6 Å². The number of fused-ring (bicyclic) bond motifs is 4. The molecule has 0 spiro atoms. The molecule has 0 amide bonds. The van der Waals surface area contributed by atoms with Gasteiger partial charge in [-0.1, -0.05) is 63.6 Å². The van der Waals surface area contributed by atoms with Gasteiger partial charge in [-0.3, -0.25) is 17.6 Å². The Balaban J connectivity index is 0.000000117. The van der Waals surface area contributed by atoms with Crippen molar-refractivity contribution in [1.29, 1.82) is 5.26 Å². The quantitative estimate of drug-likeness (QED) is 0.0817. The van der Waals surface area contributed by atoms with Gasteiger partial charge in [0.2, 0.25) is 35.0 Å². The van der Waals surface area contributed by atoms with Crippen LogP contribution in [0.1, 0.15) is 72.6 Å². The van der Waals surface area contributed by atoms with E-state index in [4.69, 9.17) is 10.2 Å². The third-order valence-electron chi connectivity index (χ3n) is 15.7. The lowest BCUT2D eigenvalue weighted by atomic mass is 10.1. The Hall–Kier alpha value is -12.2. The fourth-order valence-corrected chi connectivity index (χ4v) is 11.9. The van der Waals surface area contributed by atoms with E-state index in [1.807, 2.05) is 125 Å². The summed E-state index contributed by atoms with van der Waals surface area (Å²) in [5, 5.41) is 9.14. The molecular weight excluding hydrogens is 1300 g/mol. The van der Waals surface area contributed by atoms with Gasteiger partial charge in [-0.25, -0.2) is 74.2 Å². The van der Waals surface area contributed by atoms with Crippen LogP contribution in [0.5, 0.6) is 0 Å². The second kappa shape index (κ2) is 29.0. The molecule has 2 aromatic carbocycles. The molecule has 482 valence electrons. The number of hydrogen-bond acceptors (Lipinski definition) is 15. The maximum Gasteiger partial charge on any atom is 0.234 e. The Bertz CT molecular complexity index is 5270. The molecule has 0 fully saturated rings. The summed E-state index contributed by atoms with van der Waals surface area (Å²) in [4.78, 5) is 60.9. The highest BCUT2D eigenvalue weighted by Gasteiger charge is 2.20. The molecule has 97 heavy (non-hydrogen) atoms. The first-order chi connectivity index (χ1) is 47.5. The Labute approximate surface area is 560 Å². The number of nitriles is 1. The van der Waals surface area contributed by atoms with Gasteiger partial charge in [0.05, 0.1) is 60.6 Å². The van der Waals surface area contributed by atoms with E-state index in [1.165, 1.54) is 30.0 Å². The van der Waals surface area contributed by atoms with Crippen molar-refractivity contribution in [2.24, 2.45) is 0 Å². The monoisotopic (exact) mass is 1360 g/mol. The van der Waals surface area contributed by atoms with Crippen LogP contribution in [0.2, 0.25) is 0 Å². The summed E-state index contributed by atoms with van der Waals surface area (Å²) in [5.41, 5.74) is 10.4. The van der Waals surface area contributed by atoms with Crippen molar-refractivity contribution >= 4 is 39.0 Å². The average molecular weight is 1360 g/mol. The molecule has 16 aromatic rings. The standard InChI is InChI=1S/C20H18N6.C18H16FN5.C17H15FN6.C15H10BrFN6/c1-2-5-18-17(24-20-23-8-4-10-26(18)20)14-25-11-9-22-19(25)16-7-3-6-15(12-16)13-21;1-2-16-15(22-18-21-7-4-9-24(16)18)12-23-10-8-20-17(23)13-5-3-6-14(19)11-13;1-2-14-13(22-17-20-7-4-9-24(14)17)11-23-10-8-19-16(23)12-5-3-6-15(18)21-12;16-13-11(21-15-19-5-2-7-23(13)15)9-22-8-6-18-14(22)10-3-1-4-12(17)20-10/h3-4,6-12H,2,5,14H2,1H3;3-11H,2,12H2,1H3;3-10H,2,11H2,1H3;1-8H,9H2. The molecule has 0 unspecified atom stereocenters. The predicted molar refractivity (Wildman–Crippen MR) is 360 cm³/mol. The van der Waals surface area contributed by atoms with Crippen molar-refractivity contribution in [3.05, 3.63) is 276 Å². The van der Waals surface area contributed by atoms with Crippen LogP contribution in [0, 0.1) is 29.0 Å². The number of pyridine rings is 2. The first-order valence-corrected chi connectivity index (χ1v) is 31.8. The minimum atomic E-state index is -0.532. The van der Waals surface area contributed by atoms with Crippen molar-refractivity contribution in [2.45, 2.75) is 72.6 Å². The molecule has 14 aromatic heterocycles. The van der Waals surface area contributed by atoms with E-state index in [0.717, 1.165) is 93.0 Å². The minimum absolute atomic E-state index is 0.270. The van der Waals surface area contributed by atoms with Crippen LogP contribution in [-0.4, -0.2) is 106 Å². The normalized spacial score (nSPS) is 11.2. The number of benzene rings is 2. The second-order valence-corrected chi connectivity index (χ2v) is 22.6. The van der Waals surface area contributed by atoms with E-state index in [2.05, 4.69) is 117 Å². The number of nitrogens with zero attached hydrogens (tertiary/aromatic N) is 23. The number of halogens is 4. The van der Waals surface area contributed by atoms with E-state index in [0.29, 0.717) is 72.1 Å². The van der Waals surface area contributed by atoms with Crippen molar-refractivity contribution in [3.63, 3.8) is 0 Å². The Morgan fingerprint density at radius 2 is 0.784 bits per heavy atom. The van der Waals surface area contributed by atoms with E-state index >= 15 is 0 Å². The molecule has 14 heterocycles. The third-order valence-corrected chi connectivity index (χ3v) is 16.5. The molecule has 23 nitrogen and oxygen atoms in total. The smallest absolute Gasteiger partial charge is 0.234 e. The van der Waals surface area contributed by atoms with E-state index in [9.17, 15) is 13.2 Å². The summed E-state index contributed by atoms with van der Waals surface area (Å²) in [6.07, 6.45) is 32.7. The van der Waals surface area contributed by atoms with Crippen molar-refractivity contribution in [1.82, 2.24) is 106 Å². The van der Waals surface area contributed by atoms with Gasteiger partial charge < -0.3 is 18.3 Å². The first kappa shape index (κ1) is 63.6. The zero-order valence-corrected chi connectivity index (χ0v) is 54.2. The van der Waals surface area contributed by atoms with E-state index < -0.39 is 11.9 Å². The maximum atomic E-state index is 13.5. The van der Waals surface area contributed by atoms with Gasteiger partial charge in [0.25, 0.3) is 0 Å². The predicted octanol–water partition coefficient (Wildman–Crippen LogP) is 12.5. The molecular formula is C70H59BrF3N23.